The van der Waals surface area contributed by atoms with E-state index in [1.165, 1.54) is 21.9 Å². The Morgan fingerprint density at radius 1 is 1.17 bits per heavy atom. The molecule has 3 aromatic rings. The van der Waals surface area contributed by atoms with E-state index < -0.39 is 23.5 Å². The lowest BCUT2D eigenvalue weighted by Crippen LogP contribution is -2.38. The first-order chi connectivity index (χ1) is 22.2. The van der Waals surface area contributed by atoms with Crippen LogP contribution in [0.15, 0.2) is 48.0 Å². The van der Waals surface area contributed by atoms with Gasteiger partial charge < -0.3 is 19.5 Å². The summed E-state index contributed by atoms with van der Waals surface area (Å²) in [6.07, 6.45) is 2.03. The molecule has 47 heavy (non-hydrogen) atoms. The Labute approximate surface area is 276 Å². The molecule has 0 saturated carbocycles. The van der Waals surface area contributed by atoms with E-state index in [0.717, 1.165) is 30.4 Å². The average Bonchev–Trinajstić information content (AvgIpc) is 3.45. The molecule has 0 spiro atoms. The SMILES string of the molecule is C=C(c1cc(F)c2c(c1C)CCCO2)n1nc(C(=O)N2CCC(c3ccc(C)cc3)CC2)cc1/N=C(/C)C[C@H](OC(C)(C)C)C(=O)O. The Morgan fingerprint density at radius 2 is 1.85 bits per heavy atom. The molecule has 1 N–H and O–H groups in total. The minimum absolute atomic E-state index is 0.0178. The van der Waals surface area contributed by atoms with Crippen LogP contribution in [0.3, 0.4) is 0 Å². The second-order valence-corrected chi connectivity index (χ2v) is 13.6. The number of halogens is 1. The normalized spacial score (nSPS) is 16.4. The van der Waals surface area contributed by atoms with Gasteiger partial charge >= 0.3 is 5.97 Å². The van der Waals surface area contributed by atoms with Crippen LogP contribution in [0.2, 0.25) is 0 Å². The number of hydrogen-bond donors (Lipinski definition) is 1. The molecule has 9 nitrogen and oxygen atoms in total. The van der Waals surface area contributed by atoms with Gasteiger partial charge in [0, 0.05) is 42.4 Å². The molecule has 0 radical (unpaired) electrons. The van der Waals surface area contributed by atoms with Crippen LogP contribution in [0.1, 0.15) is 97.6 Å². The van der Waals surface area contributed by atoms with Crippen LogP contribution in [0.25, 0.3) is 5.70 Å². The highest BCUT2D eigenvalue weighted by Gasteiger charge is 2.29. The first-order valence-corrected chi connectivity index (χ1v) is 16.3. The topological polar surface area (TPSA) is 106 Å². The van der Waals surface area contributed by atoms with Gasteiger partial charge in [0.15, 0.2) is 29.2 Å². The number of carboxylic acids is 1. The molecule has 3 heterocycles. The minimum atomic E-state index is -1.12. The fourth-order valence-electron chi connectivity index (χ4n) is 6.36. The van der Waals surface area contributed by atoms with Gasteiger partial charge in [-0.2, -0.15) is 5.10 Å². The molecule has 0 bridgehead atoms. The van der Waals surface area contributed by atoms with Gasteiger partial charge in [-0.15, -0.1) is 0 Å². The number of carbonyl (C=O) groups is 2. The van der Waals surface area contributed by atoms with Gasteiger partial charge in [0.25, 0.3) is 5.91 Å². The van der Waals surface area contributed by atoms with Crippen molar-refractivity contribution < 1.29 is 28.6 Å². The summed E-state index contributed by atoms with van der Waals surface area (Å²) in [6, 6.07) is 11.5. The average molecular weight is 645 g/mol. The van der Waals surface area contributed by atoms with E-state index in [9.17, 15) is 14.7 Å². The minimum Gasteiger partial charge on any atom is -0.490 e. The summed E-state index contributed by atoms with van der Waals surface area (Å²) in [5, 5.41) is 14.5. The Morgan fingerprint density at radius 3 is 2.49 bits per heavy atom. The number of carboxylic acid groups (broad SMARTS) is 1. The number of piperidine rings is 1. The van der Waals surface area contributed by atoms with Crippen LogP contribution >= 0.6 is 0 Å². The zero-order valence-corrected chi connectivity index (χ0v) is 28.2. The number of aliphatic imine (C=N–C) groups is 1. The third-order valence-electron chi connectivity index (χ3n) is 8.80. The van der Waals surface area contributed by atoms with Crippen LogP contribution in [-0.4, -0.2) is 68.8 Å². The number of nitrogens with zero attached hydrogens (tertiary/aromatic N) is 4. The quantitative estimate of drug-likeness (QED) is 0.246. The summed E-state index contributed by atoms with van der Waals surface area (Å²) in [5.41, 5.74) is 4.96. The smallest absolute Gasteiger partial charge is 0.333 e. The van der Waals surface area contributed by atoms with Gasteiger partial charge in [0.2, 0.25) is 0 Å². The molecule has 2 aromatic carbocycles. The fraction of sp³-hybridized carbons (Fsp3) is 0.459. The van der Waals surface area contributed by atoms with Crippen molar-refractivity contribution in [3.63, 3.8) is 0 Å². The van der Waals surface area contributed by atoms with E-state index >= 15 is 4.39 Å². The molecule has 1 atom stereocenters. The van der Waals surface area contributed by atoms with Crippen molar-refractivity contribution in [3.8, 4) is 5.75 Å². The van der Waals surface area contributed by atoms with Crippen LogP contribution < -0.4 is 4.74 Å². The maximum absolute atomic E-state index is 15.2. The molecule has 10 heteroatoms. The molecule has 2 aliphatic rings. The van der Waals surface area contributed by atoms with E-state index in [-0.39, 0.29) is 23.8 Å². The number of carbonyl (C=O) groups excluding carboxylic acids is 1. The number of likely N-dealkylation sites (tertiary alicyclic amines) is 1. The second kappa shape index (κ2) is 13.8. The molecular weight excluding hydrogens is 599 g/mol. The molecular formula is C37H45FN4O5. The van der Waals surface area contributed by atoms with Gasteiger partial charge in [-0.3, -0.25) is 4.79 Å². The van der Waals surface area contributed by atoms with Gasteiger partial charge in [0.05, 0.1) is 17.9 Å². The van der Waals surface area contributed by atoms with Crippen molar-refractivity contribution in [1.82, 2.24) is 14.7 Å². The van der Waals surface area contributed by atoms with Crippen molar-refractivity contribution in [3.05, 3.63) is 82.3 Å². The van der Waals surface area contributed by atoms with Gasteiger partial charge in [-0.1, -0.05) is 36.4 Å². The van der Waals surface area contributed by atoms with E-state index in [1.807, 2.05) is 6.92 Å². The lowest BCUT2D eigenvalue weighted by atomic mass is 9.89. The first-order valence-electron chi connectivity index (χ1n) is 16.3. The number of ether oxygens (including phenoxy) is 2. The molecule has 5 rings (SSSR count). The number of aromatic nitrogens is 2. The monoisotopic (exact) mass is 644 g/mol. The maximum atomic E-state index is 15.2. The zero-order chi connectivity index (χ0) is 34.0. The standard InChI is InChI=1S/C37H45FN4O5/c1-22-10-12-26(13-11-22)27-14-16-41(17-15-27)35(43)31-21-33(39-23(2)19-32(36(44)45)47-37(5,6)7)42(40-31)25(4)29-20-30(38)34-28(24(29)3)9-8-18-46-34/h10-13,20-21,27,32H,4,8-9,14-19H2,1-3,5-7H3,(H,44,45)/b39-23-/t32-/m0/s1. The number of amides is 1. The number of fused-ring (bicyclic) bond motifs is 1. The summed E-state index contributed by atoms with van der Waals surface area (Å²) in [5.74, 6) is -0.870. The highest BCUT2D eigenvalue weighted by molar-refractivity contribution is 5.94. The maximum Gasteiger partial charge on any atom is 0.333 e. The van der Waals surface area contributed by atoms with E-state index in [2.05, 4.69) is 42.9 Å². The molecule has 2 aliphatic heterocycles. The van der Waals surface area contributed by atoms with Crippen molar-refractivity contribution in [2.75, 3.05) is 19.7 Å². The molecule has 1 amide bonds. The van der Waals surface area contributed by atoms with Crippen molar-refractivity contribution in [1.29, 1.82) is 0 Å². The van der Waals surface area contributed by atoms with Gasteiger partial charge in [0.1, 0.15) is 0 Å². The number of aliphatic carboxylic acids is 1. The molecule has 1 fully saturated rings. The highest BCUT2D eigenvalue weighted by atomic mass is 19.1. The number of hydrogen-bond acceptors (Lipinski definition) is 6. The van der Waals surface area contributed by atoms with Gasteiger partial charge in [-0.05, 0) is 90.3 Å². The third-order valence-corrected chi connectivity index (χ3v) is 8.80. The second-order valence-electron chi connectivity index (χ2n) is 13.6. The molecule has 0 aliphatic carbocycles. The summed E-state index contributed by atoms with van der Waals surface area (Å²) in [4.78, 5) is 32.4. The Hall–Kier alpha value is -4.31. The highest BCUT2D eigenvalue weighted by Crippen LogP contribution is 2.37. The summed E-state index contributed by atoms with van der Waals surface area (Å²) < 4.78 is 28.1. The van der Waals surface area contributed by atoms with Gasteiger partial charge in [-0.25, -0.2) is 18.9 Å². The number of rotatable bonds is 9. The molecule has 1 saturated heterocycles. The summed E-state index contributed by atoms with van der Waals surface area (Å²) in [6.45, 7) is 17.0. The number of benzene rings is 2. The van der Waals surface area contributed by atoms with Crippen LogP contribution in [-0.2, 0) is 16.0 Å². The third kappa shape index (κ3) is 7.81. The number of aryl methyl sites for hydroxylation is 1. The van der Waals surface area contributed by atoms with Crippen molar-refractivity contribution in [2.24, 2.45) is 4.99 Å². The van der Waals surface area contributed by atoms with Crippen LogP contribution in [0.4, 0.5) is 10.2 Å². The first kappa shape index (κ1) is 34.0. The lowest BCUT2D eigenvalue weighted by Gasteiger charge is -2.31. The summed E-state index contributed by atoms with van der Waals surface area (Å²) >= 11 is 0. The molecule has 1 aromatic heterocycles. The molecule has 0 unspecified atom stereocenters. The predicted molar refractivity (Wildman–Crippen MR) is 180 cm³/mol. The largest absolute Gasteiger partial charge is 0.490 e. The Kier molecular flexibility index (Phi) is 10.0. The Bertz CT molecular complexity index is 1690. The van der Waals surface area contributed by atoms with E-state index in [0.29, 0.717) is 54.8 Å². The predicted octanol–water partition coefficient (Wildman–Crippen LogP) is 7.25. The van der Waals surface area contributed by atoms with Crippen molar-refractivity contribution in [2.45, 2.75) is 91.3 Å². The van der Waals surface area contributed by atoms with Crippen LogP contribution in [0.5, 0.6) is 5.75 Å². The van der Waals surface area contributed by atoms with E-state index in [1.54, 1.807) is 38.7 Å². The van der Waals surface area contributed by atoms with E-state index in [4.69, 9.17) is 14.5 Å². The summed E-state index contributed by atoms with van der Waals surface area (Å²) in [7, 11) is 0. The lowest BCUT2D eigenvalue weighted by molar-refractivity contribution is -0.158. The Balaban J connectivity index is 1.46. The zero-order valence-electron chi connectivity index (χ0n) is 28.2. The van der Waals surface area contributed by atoms with Crippen LogP contribution in [0, 0.1) is 19.7 Å². The fourth-order valence-corrected chi connectivity index (χ4v) is 6.36. The molecule has 250 valence electrons. The van der Waals surface area contributed by atoms with Crippen molar-refractivity contribution >= 4 is 29.1 Å².